The Balaban J connectivity index is 1.73. The Morgan fingerprint density at radius 1 is 1.10 bits per heavy atom. The van der Waals surface area contributed by atoms with Gasteiger partial charge < -0.3 is 19.8 Å². The first kappa shape index (κ1) is 21.9. The maximum absolute atomic E-state index is 12.1. The van der Waals surface area contributed by atoms with E-state index in [1.165, 1.54) is 6.08 Å². The summed E-state index contributed by atoms with van der Waals surface area (Å²) in [6.07, 6.45) is 4.53. The maximum atomic E-state index is 12.1. The molecular weight excluding hydrogens is 374 g/mol. The Kier molecular flexibility index (Phi) is 8.65. The lowest BCUT2D eigenvalue weighted by Gasteiger charge is -2.15. The van der Waals surface area contributed by atoms with E-state index in [9.17, 15) is 14.4 Å². The van der Waals surface area contributed by atoms with Crippen LogP contribution in [0.5, 0.6) is 0 Å². The van der Waals surface area contributed by atoms with E-state index >= 15 is 0 Å². The van der Waals surface area contributed by atoms with Crippen molar-refractivity contribution in [2.45, 2.75) is 13.5 Å². The monoisotopic (exact) mass is 399 g/mol. The van der Waals surface area contributed by atoms with Gasteiger partial charge >= 0.3 is 5.97 Å². The molecular formula is C21H25N3O5. The summed E-state index contributed by atoms with van der Waals surface area (Å²) in [5.41, 5.74) is 1.43. The zero-order valence-corrected chi connectivity index (χ0v) is 16.5. The molecule has 0 aliphatic carbocycles. The van der Waals surface area contributed by atoms with Crippen LogP contribution in [0.3, 0.4) is 0 Å². The van der Waals surface area contributed by atoms with Gasteiger partial charge in [-0.25, -0.2) is 4.79 Å². The molecule has 0 aliphatic heterocycles. The number of carbonyl (C=O) groups is 3. The van der Waals surface area contributed by atoms with Crippen LogP contribution in [0.1, 0.15) is 18.2 Å². The molecule has 0 spiro atoms. The van der Waals surface area contributed by atoms with Crippen molar-refractivity contribution < 1.29 is 23.5 Å². The molecule has 8 heteroatoms. The van der Waals surface area contributed by atoms with Crippen molar-refractivity contribution >= 4 is 29.5 Å². The highest BCUT2D eigenvalue weighted by atomic mass is 16.5. The van der Waals surface area contributed by atoms with Gasteiger partial charge in [-0.2, -0.15) is 0 Å². The fraction of sp³-hybridized carbons (Fsp3) is 0.286. The summed E-state index contributed by atoms with van der Waals surface area (Å²) in [6.45, 7) is 2.54. The smallest absolute Gasteiger partial charge is 0.330 e. The minimum atomic E-state index is -0.402. The van der Waals surface area contributed by atoms with Crippen LogP contribution in [0.15, 0.2) is 53.2 Å². The quantitative estimate of drug-likeness (QED) is 0.468. The van der Waals surface area contributed by atoms with Crippen LogP contribution in [-0.2, 0) is 25.7 Å². The molecule has 1 aromatic carbocycles. The minimum absolute atomic E-state index is 0.0681. The second-order valence-electron chi connectivity index (χ2n) is 6.28. The molecule has 0 fully saturated rings. The molecule has 0 saturated heterocycles. The van der Waals surface area contributed by atoms with E-state index < -0.39 is 5.97 Å². The van der Waals surface area contributed by atoms with Gasteiger partial charge in [0.05, 0.1) is 32.5 Å². The molecule has 1 heterocycles. The van der Waals surface area contributed by atoms with Crippen LogP contribution in [0.4, 0.5) is 5.69 Å². The fourth-order valence-electron chi connectivity index (χ4n) is 2.43. The zero-order chi connectivity index (χ0) is 21.1. The number of furan rings is 1. The summed E-state index contributed by atoms with van der Waals surface area (Å²) in [5.74, 6) is -0.170. The number of benzene rings is 1. The minimum Gasteiger partial charge on any atom is -0.467 e. The predicted octanol–water partition coefficient (Wildman–Crippen LogP) is 2.04. The lowest BCUT2D eigenvalue weighted by atomic mass is 10.2. The van der Waals surface area contributed by atoms with Crippen LogP contribution < -0.4 is 10.6 Å². The van der Waals surface area contributed by atoms with Gasteiger partial charge in [0.2, 0.25) is 11.8 Å². The van der Waals surface area contributed by atoms with E-state index in [-0.39, 0.29) is 24.9 Å². The van der Waals surface area contributed by atoms with E-state index in [1.807, 2.05) is 0 Å². The van der Waals surface area contributed by atoms with Crippen molar-refractivity contribution in [3.8, 4) is 0 Å². The van der Waals surface area contributed by atoms with Gasteiger partial charge in [-0.15, -0.1) is 0 Å². The number of anilines is 1. The second-order valence-corrected chi connectivity index (χ2v) is 6.28. The molecule has 0 bridgehead atoms. The number of likely N-dealkylation sites (N-methyl/N-ethyl adjacent to an activating group) is 1. The van der Waals surface area contributed by atoms with Crippen LogP contribution in [0.2, 0.25) is 0 Å². The zero-order valence-electron chi connectivity index (χ0n) is 16.5. The van der Waals surface area contributed by atoms with Crippen molar-refractivity contribution in [3.05, 3.63) is 60.1 Å². The van der Waals surface area contributed by atoms with Crippen LogP contribution in [0.25, 0.3) is 6.08 Å². The summed E-state index contributed by atoms with van der Waals surface area (Å²) >= 11 is 0. The molecule has 1 aromatic heterocycles. The highest BCUT2D eigenvalue weighted by Crippen LogP contribution is 2.11. The van der Waals surface area contributed by atoms with E-state index in [1.54, 1.807) is 67.6 Å². The summed E-state index contributed by atoms with van der Waals surface area (Å²) in [4.78, 5) is 37.0. The van der Waals surface area contributed by atoms with Crippen molar-refractivity contribution in [1.82, 2.24) is 10.2 Å². The first-order chi connectivity index (χ1) is 14.0. The number of amides is 2. The number of hydrogen-bond acceptors (Lipinski definition) is 6. The summed E-state index contributed by atoms with van der Waals surface area (Å²) in [5, 5.41) is 5.50. The summed E-state index contributed by atoms with van der Waals surface area (Å²) in [6, 6.07) is 10.5. The van der Waals surface area contributed by atoms with Gasteiger partial charge in [-0.05, 0) is 49.9 Å². The molecule has 2 aromatic rings. The Hall–Kier alpha value is -3.39. The molecule has 0 atom stereocenters. The fourth-order valence-corrected chi connectivity index (χ4v) is 2.43. The number of nitrogens with one attached hydrogen (secondary N) is 2. The van der Waals surface area contributed by atoms with Crippen molar-refractivity contribution in [3.63, 3.8) is 0 Å². The van der Waals surface area contributed by atoms with Crippen molar-refractivity contribution in [2.75, 3.05) is 32.1 Å². The maximum Gasteiger partial charge on any atom is 0.330 e. The van der Waals surface area contributed by atoms with Crippen molar-refractivity contribution in [2.24, 2.45) is 0 Å². The molecule has 29 heavy (non-hydrogen) atoms. The molecule has 2 N–H and O–H groups in total. The Morgan fingerprint density at radius 3 is 2.48 bits per heavy atom. The van der Waals surface area contributed by atoms with E-state index in [2.05, 4.69) is 10.6 Å². The third kappa shape index (κ3) is 8.44. The Labute approximate surface area is 169 Å². The van der Waals surface area contributed by atoms with Crippen molar-refractivity contribution in [1.29, 1.82) is 0 Å². The Morgan fingerprint density at radius 2 is 1.83 bits per heavy atom. The van der Waals surface area contributed by atoms with Gasteiger partial charge in [0.1, 0.15) is 5.76 Å². The second kappa shape index (κ2) is 11.5. The molecule has 2 rings (SSSR count). The number of esters is 1. The number of carbonyl (C=O) groups excluding carboxylic acids is 3. The normalized spacial score (nSPS) is 10.9. The van der Waals surface area contributed by atoms with Crippen LogP contribution in [-0.4, -0.2) is 49.4 Å². The third-order valence-corrected chi connectivity index (χ3v) is 3.76. The molecule has 0 radical (unpaired) electrons. The summed E-state index contributed by atoms with van der Waals surface area (Å²) < 4.78 is 9.96. The Bertz CT molecular complexity index is 829. The largest absolute Gasteiger partial charge is 0.467 e. The average molecular weight is 399 g/mol. The lowest BCUT2D eigenvalue weighted by Crippen LogP contribution is -2.38. The lowest BCUT2D eigenvalue weighted by molar-refractivity contribution is -0.137. The number of ether oxygens (including phenoxy) is 1. The van der Waals surface area contributed by atoms with E-state index in [0.29, 0.717) is 24.6 Å². The van der Waals surface area contributed by atoms with Gasteiger partial charge in [0, 0.05) is 11.8 Å². The SMILES string of the molecule is CCOC(=O)/C=C/c1ccc(NC(=O)CN(C)CC(=O)NCc2ccco2)cc1. The molecule has 0 unspecified atom stereocenters. The van der Waals surface area contributed by atoms with Crippen LogP contribution in [0, 0.1) is 0 Å². The van der Waals surface area contributed by atoms with Gasteiger partial charge in [-0.3, -0.25) is 14.5 Å². The third-order valence-electron chi connectivity index (χ3n) is 3.76. The highest BCUT2D eigenvalue weighted by Gasteiger charge is 2.11. The van der Waals surface area contributed by atoms with Gasteiger partial charge in [0.15, 0.2) is 0 Å². The molecule has 154 valence electrons. The average Bonchev–Trinajstić information content (AvgIpc) is 3.19. The standard InChI is InChI=1S/C21H25N3O5/c1-3-28-21(27)11-8-16-6-9-17(10-7-16)23-20(26)15-24(2)14-19(25)22-13-18-5-4-12-29-18/h4-12H,3,13-15H2,1-2H3,(H,22,25)(H,23,26)/b11-8+. The summed E-state index contributed by atoms with van der Waals surface area (Å²) in [7, 11) is 1.69. The molecule has 0 saturated carbocycles. The van der Waals surface area contributed by atoms with E-state index in [4.69, 9.17) is 9.15 Å². The molecule has 2 amide bonds. The predicted molar refractivity (Wildman–Crippen MR) is 109 cm³/mol. The molecule has 0 aliphatic rings. The number of nitrogens with zero attached hydrogens (tertiary/aromatic N) is 1. The molecule has 8 nitrogen and oxygen atoms in total. The van der Waals surface area contributed by atoms with Crippen LogP contribution >= 0.6 is 0 Å². The number of hydrogen-bond donors (Lipinski definition) is 2. The first-order valence-electron chi connectivity index (χ1n) is 9.18. The highest BCUT2D eigenvalue weighted by molar-refractivity contribution is 5.93. The van der Waals surface area contributed by atoms with Gasteiger partial charge in [0.25, 0.3) is 0 Å². The van der Waals surface area contributed by atoms with Gasteiger partial charge in [-0.1, -0.05) is 12.1 Å². The number of rotatable bonds is 10. The topological polar surface area (TPSA) is 101 Å². The van der Waals surface area contributed by atoms with E-state index in [0.717, 1.165) is 5.56 Å². The first-order valence-corrected chi connectivity index (χ1v) is 9.18.